The number of aromatic carboxylic acids is 1. The molecule has 1 saturated carbocycles. The van der Waals surface area contributed by atoms with Gasteiger partial charge in [0.25, 0.3) is 0 Å². The van der Waals surface area contributed by atoms with Crippen LogP contribution >= 0.6 is 0 Å². The predicted octanol–water partition coefficient (Wildman–Crippen LogP) is 2.78. The van der Waals surface area contributed by atoms with Crippen molar-refractivity contribution in [3.8, 4) is 5.69 Å². The molecule has 1 aliphatic rings. The third-order valence-corrected chi connectivity index (χ3v) is 4.37. The van der Waals surface area contributed by atoms with E-state index < -0.39 is 5.97 Å². The lowest BCUT2D eigenvalue weighted by Gasteiger charge is -2.12. The molecule has 0 saturated heterocycles. The second-order valence-electron chi connectivity index (χ2n) is 6.18. The number of hydrogen-bond donors (Lipinski definition) is 2. The van der Waals surface area contributed by atoms with Crippen molar-refractivity contribution in [1.82, 2.24) is 9.78 Å². The van der Waals surface area contributed by atoms with E-state index >= 15 is 0 Å². The van der Waals surface area contributed by atoms with Crippen molar-refractivity contribution in [1.29, 1.82) is 0 Å². The van der Waals surface area contributed by atoms with Gasteiger partial charge in [-0.15, -0.1) is 0 Å². The molecule has 1 heterocycles. The van der Waals surface area contributed by atoms with Crippen LogP contribution in [0.5, 0.6) is 0 Å². The van der Waals surface area contributed by atoms with Gasteiger partial charge in [-0.2, -0.15) is 5.10 Å². The Bertz CT molecular complexity index is 778. The number of carbonyl (C=O) groups is 2. The van der Waals surface area contributed by atoms with Crippen LogP contribution in [0.3, 0.4) is 0 Å². The molecule has 1 aromatic carbocycles. The van der Waals surface area contributed by atoms with Gasteiger partial charge in [0, 0.05) is 5.69 Å². The first-order chi connectivity index (χ1) is 12.0. The Morgan fingerprint density at radius 1 is 1.36 bits per heavy atom. The SMILES string of the molecule is Cc1c(C(=O)O)cnn1-c1cccc(NC(=O)COC2CCCC2)c1. The van der Waals surface area contributed by atoms with Crippen LogP contribution in [0.4, 0.5) is 5.69 Å². The predicted molar refractivity (Wildman–Crippen MR) is 92.1 cm³/mol. The van der Waals surface area contributed by atoms with Crippen LogP contribution in [0.1, 0.15) is 41.7 Å². The number of amides is 1. The number of carbonyl (C=O) groups excluding carboxylic acids is 1. The van der Waals surface area contributed by atoms with Gasteiger partial charge in [0.15, 0.2) is 0 Å². The van der Waals surface area contributed by atoms with Crippen molar-refractivity contribution >= 4 is 17.6 Å². The number of anilines is 1. The second-order valence-corrected chi connectivity index (χ2v) is 6.18. The molecule has 0 unspecified atom stereocenters. The van der Waals surface area contributed by atoms with Crippen molar-refractivity contribution in [2.75, 3.05) is 11.9 Å². The minimum Gasteiger partial charge on any atom is -0.478 e. The summed E-state index contributed by atoms with van der Waals surface area (Å²) < 4.78 is 7.14. The number of ether oxygens (including phenoxy) is 1. The van der Waals surface area contributed by atoms with E-state index in [4.69, 9.17) is 9.84 Å². The van der Waals surface area contributed by atoms with Gasteiger partial charge in [0.05, 0.1) is 23.7 Å². The summed E-state index contributed by atoms with van der Waals surface area (Å²) in [7, 11) is 0. The number of hydrogen-bond acceptors (Lipinski definition) is 4. The highest BCUT2D eigenvalue weighted by atomic mass is 16.5. The van der Waals surface area contributed by atoms with E-state index in [1.165, 1.54) is 10.9 Å². The van der Waals surface area contributed by atoms with Crippen LogP contribution in [-0.4, -0.2) is 39.5 Å². The molecule has 0 aliphatic heterocycles. The number of rotatable bonds is 6. The van der Waals surface area contributed by atoms with E-state index in [1.54, 1.807) is 31.2 Å². The summed E-state index contributed by atoms with van der Waals surface area (Å²) >= 11 is 0. The lowest BCUT2D eigenvalue weighted by atomic mass is 10.2. The fourth-order valence-corrected chi connectivity index (χ4v) is 3.04. The number of nitrogens with one attached hydrogen (secondary N) is 1. The molecule has 132 valence electrons. The van der Waals surface area contributed by atoms with E-state index in [0.29, 0.717) is 17.1 Å². The van der Waals surface area contributed by atoms with Crippen LogP contribution in [-0.2, 0) is 9.53 Å². The Hall–Kier alpha value is -2.67. The molecule has 2 N–H and O–H groups in total. The summed E-state index contributed by atoms with van der Waals surface area (Å²) in [5.74, 6) is -1.22. The molecular formula is C18H21N3O4. The summed E-state index contributed by atoms with van der Waals surface area (Å²) in [6.45, 7) is 1.73. The molecule has 7 nitrogen and oxygen atoms in total. The molecule has 0 atom stereocenters. The van der Waals surface area contributed by atoms with E-state index in [1.807, 2.05) is 0 Å². The fourth-order valence-electron chi connectivity index (χ4n) is 3.04. The van der Waals surface area contributed by atoms with E-state index in [2.05, 4.69) is 10.4 Å². The molecule has 1 fully saturated rings. The quantitative estimate of drug-likeness (QED) is 0.841. The van der Waals surface area contributed by atoms with Gasteiger partial charge >= 0.3 is 5.97 Å². The standard InChI is InChI=1S/C18H21N3O4/c1-12-16(18(23)24)10-19-21(12)14-6-4-5-13(9-14)20-17(22)11-25-15-7-2-3-8-15/h4-6,9-10,15H,2-3,7-8,11H2,1H3,(H,20,22)(H,23,24). The highest BCUT2D eigenvalue weighted by Crippen LogP contribution is 2.21. The van der Waals surface area contributed by atoms with Gasteiger partial charge < -0.3 is 15.2 Å². The van der Waals surface area contributed by atoms with Gasteiger partial charge in [0.2, 0.25) is 5.91 Å². The van der Waals surface area contributed by atoms with Gasteiger partial charge in [-0.25, -0.2) is 9.48 Å². The lowest BCUT2D eigenvalue weighted by molar-refractivity contribution is -0.122. The van der Waals surface area contributed by atoms with Crippen LogP contribution in [0.15, 0.2) is 30.5 Å². The van der Waals surface area contributed by atoms with Crippen molar-refractivity contribution in [3.63, 3.8) is 0 Å². The zero-order valence-electron chi connectivity index (χ0n) is 14.1. The molecule has 1 aromatic heterocycles. The average Bonchev–Trinajstić information content (AvgIpc) is 3.22. The Kier molecular flexibility index (Phi) is 5.14. The van der Waals surface area contributed by atoms with Crippen LogP contribution in [0, 0.1) is 6.92 Å². The minimum atomic E-state index is -1.02. The number of carboxylic acid groups (broad SMARTS) is 1. The largest absolute Gasteiger partial charge is 0.478 e. The number of carboxylic acids is 1. The summed E-state index contributed by atoms with van der Waals surface area (Å²) in [5, 5.41) is 16.0. The van der Waals surface area contributed by atoms with Gasteiger partial charge in [-0.1, -0.05) is 18.9 Å². The third kappa shape index (κ3) is 4.06. The highest BCUT2D eigenvalue weighted by Gasteiger charge is 2.17. The fraction of sp³-hybridized carbons (Fsp3) is 0.389. The summed E-state index contributed by atoms with van der Waals surface area (Å²) in [5.41, 5.74) is 1.98. The smallest absolute Gasteiger partial charge is 0.339 e. The molecule has 25 heavy (non-hydrogen) atoms. The monoisotopic (exact) mass is 343 g/mol. The van der Waals surface area contributed by atoms with Crippen molar-refractivity contribution < 1.29 is 19.4 Å². The number of nitrogens with zero attached hydrogens (tertiary/aromatic N) is 2. The molecule has 7 heteroatoms. The summed E-state index contributed by atoms with van der Waals surface area (Å²) in [4.78, 5) is 23.2. The van der Waals surface area contributed by atoms with Crippen LogP contribution in [0.2, 0.25) is 0 Å². The summed E-state index contributed by atoms with van der Waals surface area (Å²) in [6, 6.07) is 7.10. The van der Waals surface area contributed by atoms with Crippen molar-refractivity contribution in [3.05, 3.63) is 41.7 Å². The Morgan fingerprint density at radius 2 is 2.12 bits per heavy atom. The number of aromatic nitrogens is 2. The Balaban J connectivity index is 1.67. The zero-order chi connectivity index (χ0) is 17.8. The lowest BCUT2D eigenvalue weighted by Crippen LogP contribution is -2.22. The third-order valence-electron chi connectivity index (χ3n) is 4.37. The maximum atomic E-state index is 12.0. The van der Waals surface area contributed by atoms with E-state index in [-0.39, 0.29) is 24.2 Å². The second kappa shape index (κ2) is 7.48. The maximum Gasteiger partial charge on any atom is 0.339 e. The molecule has 3 rings (SSSR count). The molecular weight excluding hydrogens is 322 g/mol. The first-order valence-electron chi connectivity index (χ1n) is 8.34. The highest BCUT2D eigenvalue weighted by molar-refractivity contribution is 5.92. The van der Waals surface area contributed by atoms with Crippen molar-refractivity contribution in [2.24, 2.45) is 0 Å². The van der Waals surface area contributed by atoms with Crippen molar-refractivity contribution in [2.45, 2.75) is 38.7 Å². The molecule has 0 bridgehead atoms. The first-order valence-corrected chi connectivity index (χ1v) is 8.34. The van der Waals surface area contributed by atoms with Gasteiger partial charge in [0.1, 0.15) is 12.2 Å². The Labute approximate surface area is 145 Å². The molecule has 0 spiro atoms. The molecule has 1 aliphatic carbocycles. The molecule has 0 radical (unpaired) electrons. The summed E-state index contributed by atoms with van der Waals surface area (Å²) in [6.07, 6.45) is 5.88. The topological polar surface area (TPSA) is 93.5 Å². The Morgan fingerprint density at radius 3 is 2.80 bits per heavy atom. The first kappa shape index (κ1) is 17.2. The van der Waals surface area contributed by atoms with Gasteiger partial charge in [-0.05, 0) is 38.0 Å². The number of benzene rings is 1. The maximum absolute atomic E-state index is 12.0. The van der Waals surface area contributed by atoms with E-state index in [9.17, 15) is 9.59 Å². The average molecular weight is 343 g/mol. The normalized spacial score (nSPS) is 14.6. The van der Waals surface area contributed by atoms with Crippen LogP contribution < -0.4 is 5.32 Å². The molecule has 1 amide bonds. The van der Waals surface area contributed by atoms with Gasteiger partial charge in [-0.3, -0.25) is 4.79 Å². The zero-order valence-corrected chi connectivity index (χ0v) is 14.1. The molecule has 2 aromatic rings. The van der Waals surface area contributed by atoms with E-state index in [0.717, 1.165) is 25.7 Å². The minimum absolute atomic E-state index is 0.0405. The van der Waals surface area contributed by atoms with Crippen LogP contribution in [0.25, 0.3) is 5.69 Å².